The van der Waals surface area contributed by atoms with Crippen molar-refractivity contribution < 1.29 is 4.79 Å². The maximum atomic E-state index is 11.4. The molecule has 3 N–H and O–H groups in total. The van der Waals surface area contributed by atoms with Crippen molar-refractivity contribution in [1.82, 2.24) is 9.88 Å². The van der Waals surface area contributed by atoms with E-state index in [0.717, 1.165) is 29.0 Å². The molecule has 1 aliphatic heterocycles. The van der Waals surface area contributed by atoms with E-state index in [1.54, 1.807) is 6.92 Å². The fraction of sp³-hybridized carbons (Fsp3) is 0.385. The highest BCUT2D eigenvalue weighted by atomic mass is 35.5. The Morgan fingerprint density at radius 1 is 1.38 bits per heavy atom. The molecule has 6 nitrogen and oxygen atoms in total. The Hall–Kier alpha value is -1.57. The van der Waals surface area contributed by atoms with Gasteiger partial charge in [-0.3, -0.25) is 10.2 Å². The number of rotatable bonds is 2. The van der Waals surface area contributed by atoms with Crippen LogP contribution in [0.4, 0.5) is 10.8 Å². The Morgan fingerprint density at radius 3 is 2.71 bits per heavy atom. The van der Waals surface area contributed by atoms with Crippen LogP contribution in [-0.4, -0.2) is 42.0 Å². The average molecular weight is 326 g/mol. The van der Waals surface area contributed by atoms with Gasteiger partial charge in [-0.05, 0) is 12.1 Å². The van der Waals surface area contributed by atoms with E-state index in [9.17, 15) is 4.79 Å². The lowest BCUT2D eigenvalue weighted by molar-refractivity contribution is -0.129. The van der Waals surface area contributed by atoms with E-state index < -0.39 is 0 Å². The van der Waals surface area contributed by atoms with Crippen LogP contribution in [0.1, 0.15) is 6.92 Å². The van der Waals surface area contributed by atoms with Crippen LogP contribution in [-0.2, 0) is 4.79 Å². The zero-order valence-corrected chi connectivity index (χ0v) is 13.2. The number of nitrogens with zero attached hydrogens (tertiary/aromatic N) is 3. The van der Waals surface area contributed by atoms with Crippen molar-refractivity contribution in [1.29, 1.82) is 0 Å². The lowest BCUT2D eigenvalue weighted by Gasteiger charge is -2.36. The first-order chi connectivity index (χ1) is 10.1. The van der Waals surface area contributed by atoms with Crippen LogP contribution in [0.25, 0.3) is 10.2 Å². The van der Waals surface area contributed by atoms with Gasteiger partial charge in [-0.15, -0.1) is 0 Å². The number of aromatic nitrogens is 1. The van der Waals surface area contributed by atoms with Crippen LogP contribution < -0.4 is 16.2 Å². The first-order valence-corrected chi connectivity index (χ1v) is 7.85. The number of thiazole rings is 1. The van der Waals surface area contributed by atoms with E-state index in [4.69, 9.17) is 17.4 Å². The molecule has 0 radical (unpaired) electrons. The number of piperazine rings is 1. The highest BCUT2D eigenvalue weighted by molar-refractivity contribution is 7.22. The van der Waals surface area contributed by atoms with Gasteiger partial charge in [-0.2, -0.15) is 0 Å². The molecule has 1 fully saturated rings. The second-order valence-corrected chi connectivity index (χ2v) is 6.34. The maximum Gasteiger partial charge on any atom is 0.219 e. The van der Waals surface area contributed by atoms with E-state index in [1.807, 2.05) is 17.0 Å². The molecule has 8 heteroatoms. The zero-order valence-electron chi connectivity index (χ0n) is 11.6. The Bertz CT molecular complexity index is 680. The summed E-state index contributed by atoms with van der Waals surface area (Å²) < 4.78 is 1.04. The fourth-order valence-corrected chi connectivity index (χ4v) is 3.61. The molecule has 2 heterocycles. The molecule has 2 aromatic rings. The predicted octanol–water partition coefficient (Wildman–Crippen LogP) is 1.90. The Kier molecular flexibility index (Phi) is 3.88. The van der Waals surface area contributed by atoms with E-state index in [-0.39, 0.29) is 5.91 Å². The lowest BCUT2D eigenvalue weighted by Crippen LogP contribution is -2.48. The summed E-state index contributed by atoms with van der Waals surface area (Å²) >= 11 is 7.87. The topological polar surface area (TPSA) is 74.5 Å². The van der Waals surface area contributed by atoms with Gasteiger partial charge < -0.3 is 9.80 Å². The largest absolute Gasteiger partial charge is 0.365 e. The molecule has 0 spiro atoms. The van der Waals surface area contributed by atoms with E-state index in [1.165, 1.54) is 11.3 Å². The number of nitrogen functional groups attached to an aromatic ring is 1. The molecular formula is C13H16ClN5OS. The number of halogens is 1. The first kappa shape index (κ1) is 14.4. The van der Waals surface area contributed by atoms with Gasteiger partial charge >= 0.3 is 0 Å². The molecule has 1 aromatic carbocycles. The van der Waals surface area contributed by atoms with Gasteiger partial charge in [-0.25, -0.2) is 10.8 Å². The Morgan fingerprint density at radius 2 is 2.10 bits per heavy atom. The first-order valence-electron chi connectivity index (χ1n) is 6.66. The number of nitrogens with one attached hydrogen (secondary N) is 1. The van der Waals surface area contributed by atoms with Crippen molar-refractivity contribution in [2.45, 2.75) is 6.92 Å². The van der Waals surface area contributed by atoms with Crippen LogP contribution in [0.3, 0.4) is 0 Å². The number of nitrogens with two attached hydrogens (primary N) is 1. The normalized spacial score (nSPS) is 15.6. The van der Waals surface area contributed by atoms with Crippen molar-refractivity contribution in [2.24, 2.45) is 5.84 Å². The standard InChI is InChI=1S/C13H16ClN5OS/c1-8(20)18-4-6-19(7-5-18)12-9(14)2-3-10-11(12)16-13(17-15)21-10/h2-3H,4-7,15H2,1H3,(H,16,17). The number of hydrazine groups is 1. The number of hydrogen-bond acceptors (Lipinski definition) is 6. The van der Waals surface area contributed by atoms with Crippen molar-refractivity contribution in [2.75, 3.05) is 36.5 Å². The SMILES string of the molecule is CC(=O)N1CCN(c2c(Cl)ccc3sc(NN)nc23)CC1. The number of carbonyl (C=O) groups excluding carboxylic acids is 1. The number of benzene rings is 1. The number of carbonyl (C=O) groups is 1. The molecule has 0 bridgehead atoms. The second kappa shape index (κ2) is 5.67. The molecule has 0 atom stereocenters. The van der Waals surface area contributed by atoms with Gasteiger partial charge in [-0.1, -0.05) is 22.9 Å². The van der Waals surface area contributed by atoms with Gasteiger partial charge in [0.1, 0.15) is 5.52 Å². The minimum Gasteiger partial charge on any atom is -0.365 e. The molecule has 1 aliphatic rings. The molecule has 21 heavy (non-hydrogen) atoms. The third-order valence-electron chi connectivity index (χ3n) is 3.65. The molecule has 0 aliphatic carbocycles. The van der Waals surface area contributed by atoms with E-state index in [2.05, 4.69) is 15.3 Å². The maximum absolute atomic E-state index is 11.4. The van der Waals surface area contributed by atoms with E-state index in [0.29, 0.717) is 23.2 Å². The Balaban J connectivity index is 1.95. The van der Waals surface area contributed by atoms with Gasteiger partial charge in [0.2, 0.25) is 5.91 Å². The monoisotopic (exact) mass is 325 g/mol. The summed E-state index contributed by atoms with van der Waals surface area (Å²) in [6, 6.07) is 3.83. The fourth-order valence-electron chi connectivity index (χ4n) is 2.56. The van der Waals surface area contributed by atoms with Crippen LogP contribution in [0.15, 0.2) is 12.1 Å². The third kappa shape index (κ3) is 2.64. The van der Waals surface area contributed by atoms with Crippen LogP contribution in [0.5, 0.6) is 0 Å². The van der Waals surface area contributed by atoms with Gasteiger partial charge in [0, 0.05) is 33.1 Å². The Labute approximate surface area is 131 Å². The average Bonchev–Trinajstić information content (AvgIpc) is 2.90. The smallest absolute Gasteiger partial charge is 0.219 e. The molecule has 1 saturated heterocycles. The van der Waals surface area contributed by atoms with E-state index >= 15 is 0 Å². The molecule has 1 aromatic heterocycles. The van der Waals surface area contributed by atoms with Crippen LogP contribution in [0.2, 0.25) is 5.02 Å². The zero-order chi connectivity index (χ0) is 15.0. The molecular weight excluding hydrogens is 310 g/mol. The summed E-state index contributed by atoms with van der Waals surface area (Å²) in [5.41, 5.74) is 4.37. The lowest BCUT2D eigenvalue weighted by atomic mass is 10.2. The number of fused-ring (bicyclic) bond motifs is 1. The van der Waals surface area contributed by atoms with Crippen LogP contribution in [0, 0.1) is 0 Å². The molecule has 3 rings (SSSR count). The quantitative estimate of drug-likeness (QED) is 0.651. The highest BCUT2D eigenvalue weighted by Crippen LogP contribution is 2.38. The van der Waals surface area contributed by atoms with Crippen molar-refractivity contribution in [3.8, 4) is 0 Å². The minimum atomic E-state index is 0.113. The number of amides is 1. The van der Waals surface area contributed by atoms with Gasteiger partial charge in [0.05, 0.1) is 15.4 Å². The molecule has 0 saturated carbocycles. The van der Waals surface area contributed by atoms with Gasteiger partial charge in [0.15, 0.2) is 5.13 Å². The summed E-state index contributed by atoms with van der Waals surface area (Å²) in [5, 5.41) is 1.34. The number of hydrogen-bond donors (Lipinski definition) is 2. The summed E-state index contributed by atoms with van der Waals surface area (Å²) in [5.74, 6) is 5.55. The molecule has 1 amide bonds. The molecule has 112 valence electrons. The third-order valence-corrected chi connectivity index (χ3v) is 4.91. The summed E-state index contributed by atoms with van der Waals surface area (Å²) in [6.45, 7) is 4.51. The summed E-state index contributed by atoms with van der Waals surface area (Å²) in [6.07, 6.45) is 0. The van der Waals surface area contributed by atoms with Crippen molar-refractivity contribution >= 4 is 49.9 Å². The highest BCUT2D eigenvalue weighted by Gasteiger charge is 2.23. The molecule has 0 unspecified atom stereocenters. The number of anilines is 2. The van der Waals surface area contributed by atoms with Crippen molar-refractivity contribution in [3.05, 3.63) is 17.2 Å². The summed E-state index contributed by atoms with van der Waals surface area (Å²) in [7, 11) is 0. The summed E-state index contributed by atoms with van der Waals surface area (Å²) in [4.78, 5) is 19.9. The van der Waals surface area contributed by atoms with Gasteiger partial charge in [0.25, 0.3) is 0 Å². The van der Waals surface area contributed by atoms with Crippen LogP contribution >= 0.6 is 22.9 Å². The second-order valence-electron chi connectivity index (χ2n) is 4.90. The predicted molar refractivity (Wildman–Crippen MR) is 86.9 cm³/mol. The minimum absolute atomic E-state index is 0.113. The van der Waals surface area contributed by atoms with Crippen molar-refractivity contribution in [3.63, 3.8) is 0 Å².